The van der Waals surface area contributed by atoms with Gasteiger partial charge >= 0.3 is 0 Å². The molecule has 6 nitrogen and oxygen atoms in total. The minimum atomic E-state index is -0.356. The highest BCUT2D eigenvalue weighted by Gasteiger charge is 2.34. The third-order valence-corrected chi connectivity index (χ3v) is 3.65. The maximum Gasteiger partial charge on any atom is 0.261 e. The first-order chi connectivity index (χ1) is 9.49. The average Bonchev–Trinajstić information content (AvgIpc) is 2.86. The molecule has 1 saturated heterocycles. The Balaban J connectivity index is 1.91. The molecule has 1 aromatic carbocycles. The Bertz CT molecular complexity index is 649. The molecule has 102 valence electrons. The van der Waals surface area contributed by atoms with Crippen molar-refractivity contribution in [3.8, 4) is 0 Å². The first-order valence-electron chi connectivity index (χ1n) is 6.27. The van der Waals surface area contributed by atoms with E-state index in [1.165, 1.54) is 11.9 Å². The van der Waals surface area contributed by atoms with Crippen LogP contribution >= 0.6 is 0 Å². The van der Waals surface area contributed by atoms with Crippen LogP contribution in [0.1, 0.15) is 39.1 Å². The van der Waals surface area contributed by atoms with Crippen molar-refractivity contribution >= 4 is 23.6 Å². The van der Waals surface area contributed by atoms with Crippen molar-refractivity contribution in [2.24, 2.45) is 0 Å². The van der Waals surface area contributed by atoms with Gasteiger partial charge in [0.1, 0.15) is 0 Å². The number of carbonyl (C=O) groups is 4. The summed E-state index contributed by atoms with van der Waals surface area (Å²) in [6.45, 7) is 0.149. The standard InChI is InChI=1S/C14H12N2O4/c1-15-13(19)9-3-2-8(6-10(9)14(15)20)7-16-11(17)4-5-12(16)18/h2-3,6H,4-5,7H2,1H3. The molecule has 0 aromatic heterocycles. The van der Waals surface area contributed by atoms with E-state index in [0.29, 0.717) is 16.7 Å². The Labute approximate surface area is 115 Å². The van der Waals surface area contributed by atoms with Crippen molar-refractivity contribution in [1.82, 2.24) is 9.80 Å². The normalized spacial score (nSPS) is 18.2. The van der Waals surface area contributed by atoms with Gasteiger partial charge in [0.2, 0.25) is 11.8 Å². The second-order valence-corrected chi connectivity index (χ2v) is 4.92. The predicted molar refractivity (Wildman–Crippen MR) is 67.7 cm³/mol. The summed E-state index contributed by atoms with van der Waals surface area (Å²) >= 11 is 0. The van der Waals surface area contributed by atoms with Gasteiger partial charge in [0, 0.05) is 19.9 Å². The fourth-order valence-corrected chi connectivity index (χ4v) is 2.49. The maximum atomic E-state index is 11.9. The lowest BCUT2D eigenvalue weighted by molar-refractivity contribution is -0.139. The zero-order valence-corrected chi connectivity index (χ0v) is 10.9. The van der Waals surface area contributed by atoms with Gasteiger partial charge < -0.3 is 0 Å². The smallest absolute Gasteiger partial charge is 0.261 e. The number of likely N-dealkylation sites (tertiary alicyclic amines) is 1. The molecular formula is C14H12N2O4. The molecule has 0 bridgehead atoms. The molecule has 0 aliphatic carbocycles. The number of hydrogen-bond donors (Lipinski definition) is 0. The molecule has 3 rings (SSSR count). The van der Waals surface area contributed by atoms with E-state index in [1.807, 2.05) is 0 Å². The van der Waals surface area contributed by atoms with E-state index in [4.69, 9.17) is 0 Å². The number of rotatable bonds is 2. The monoisotopic (exact) mass is 272 g/mol. The Morgan fingerprint density at radius 3 is 2.20 bits per heavy atom. The van der Waals surface area contributed by atoms with Crippen molar-refractivity contribution in [3.05, 3.63) is 34.9 Å². The van der Waals surface area contributed by atoms with Crippen LogP contribution in [0.3, 0.4) is 0 Å². The van der Waals surface area contributed by atoms with E-state index in [-0.39, 0.29) is 43.0 Å². The van der Waals surface area contributed by atoms with Crippen LogP contribution in [0.2, 0.25) is 0 Å². The van der Waals surface area contributed by atoms with Crippen LogP contribution in [0.15, 0.2) is 18.2 Å². The van der Waals surface area contributed by atoms with Crippen LogP contribution in [-0.2, 0) is 16.1 Å². The minimum absolute atomic E-state index is 0.149. The summed E-state index contributed by atoms with van der Waals surface area (Å²) in [6.07, 6.45) is 0.480. The zero-order chi connectivity index (χ0) is 14.4. The second kappa shape index (κ2) is 4.26. The van der Waals surface area contributed by atoms with Crippen LogP contribution in [0.25, 0.3) is 0 Å². The summed E-state index contributed by atoms with van der Waals surface area (Å²) in [5.41, 5.74) is 1.36. The predicted octanol–water partition coefficient (Wildman–Crippen LogP) is 0.561. The number of hydrogen-bond acceptors (Lipinski definition) is 4. The largest absolute Gasteiger partial charge is 0.278 e. The molecule has 2 aliphatic heterocycles. The summed E-state index contributed by atoms with van der Waals surface area (Å²) < 4.78 is 0. The summed E-state index contributed by atoms with van der Waals surface area (Å²) in [4.78, 5) is 49.0. The number of fused-ring (bicyclic) bond motifs is 1. The van der Waals surface area contributed by atoms with Gasteiger partial charge in [-0.05, 0) is 17.7 Å². The van der Waals surface area contributed by atoms with E-state index < -0.39 is 0 Å². The second-order valence-electron chi connectivity index (χ2n) is 4.92. The van der Waals surface area contributed by atoms with Crippen molar-refractivity contribution in [2.75, 3.05) is 7.05 Å². The average molecular weight is 272 g/mol. The Morgan fingerprint density at radius 2 is 1.55 bits per heavy atom. The number of amides is 4. The SMILES string of the molecule is CN1C(=O)c2ccc(CN3C(=O)CCC3=O)cc2C1=O. The molecule has 0 N–H and O–H groups in total. The maximum absolute atomic E-state index is 11.9. The molecular weight excluding hydrogens is 260 g/mol. The van der Waals surface area contributed by atoms with Crippen LogP contribution in [0, 0.1) is 0 Å². The van der Waals surface area contributed by atoms with Crippen LogP contribution in [0.5, 0.6) is 0 Å². The van der Waals surface area contributed by atoms with Gasteiger partial charge in [-0.2, -0.15) is 0 Å². The highest BCUT2D eigenvalue weighted by Crippen LogP contribution is 2.24. The lowest BCUT2D eigenvalue weighted by Crippen LogP contribution is -2.28. The van der Waals surface area contributed by atoms with E-state index in [2.05, 4.69) is 0 Å². The van der Waals surface area contributed by atoms with E-state index >= 15 is 0 Å². The van der Waals surface area contributed by atoms with Gasteiger partial charge in [-0.25, -0.2) is 0 Å². The first kappa shape index (κ1) is 12.5. The van der Waals surface area contributed by atoms with Gasteiger partial charge in [-0.15, -0.1) is 0 Å². The fraction of sp³-hybridized carbons (Fsp3) is 0.286. The highest BCUT2D eigenvalue weighted by atomic mass is 16.2. The third-order valence-electron chi connectivity index (χ3n) is 3.65. The van der Waals surface area contributed by atoms with Gasteiger partial charge in [-0.1, -0.05) is 6.07 Å². The molecule has 2 heterocycles. The summed E-state index contributed by atoms with van der Waals surface area (Å²) in [5.74, 6) is -1.08. The first-order valence-corrected chi connectivity index (χ1v) is 6.27. The van der Waals surface area contributed by atoms with Crippen molar-refractivity contribution in [3.63, 3.8) is 0 Å². The topological polar surface area (TPSA) is 74.8 Å². The summed E-state index contributed by atoms with van der Waals surface area (Å²) in [5, 5.41) is 0. The lowest BCUT2D eigenvalue weighted by atomic mass is 10.1. The van der Waals surface area contributed by atoms with Gasteiger partial charge in [0.05, 0.1) is 17.7 Å². The fourth-order valence-electron chi connectivity index (χ4n) is 2.49. The Morgan fingerprint density at radius 1 is 0.950 bits per heavy atom. The van der Waals surface area contributed by atoms with Crippen LogP contribution in [0.4, 0.5) is 0 Å². The minimum Gasteiger partial charge on any atom is -0.278 e. The molecule has 6 heteroatoms. The van der Waals surface area contributed by atoms with Gasteiger partial charge in [0.25, 0.3) is 11.8 Å². The summed E-state index contributed by atoms with van der Waals surface area (Å²) in [6, 6.07) is 4.82. The van der Waals surface area contributed by atoms with Crippen LogP contribution < -0.4 is 0 Å². The molecule has 0 saturated carbocycles. The van der Waals surface area contributed by atoms with E-state index in [9.17, 15) is 19.2 Å². The van der Waals surface area contributed by atoms with E-state index in [0.717, 1.165) is 4.90 Å². The number of nitrogens with zero attached hydrogens (tertiary/aromatic N) is 2. The number of benzene rings is 1. The number of imide groups is 2. The summed E-state index contributed by atoms with van der Waals surface area (Å²) in [7, 11) is 1.43. The molecule has 1 fully saturated rings. The van der Waals surface area contributed by atoms with Gasteiger partial charge in [-0.3, -0.25) is 29.0 Å². The molecule has 2 aliphatic rings. The van der Waals surface area contributed by atoms with Crippen molar-refractivity contribution < 1.29 is 19.2 Å². The van der Waals surface area contributed by atoms with Crippen LogP contribution in [-0.4, -0.2) is 40.5 Å². The lowest BCUT2D eigenvalue weighted by Gasteiger charge is -2.13. The molecule has 20 heavy (non-hydrogen) atoms. The van der Waals surface area contributed by atoms with Crippen molar-refractivity contribution in [2.45, 2.75) is 19.4 Å². The molecule has 0 spiro atoms. The molecule has 0 atom stereocenters. The van der Waals surface area contributed by atoms with Crippen molar-refractivity contribution in [1.29, 1.82) is 0 Å². The Kier molecular flexibility index (Phi) is 2.67. The zero-order valence-electron chi connectivity index (χ0n) is 10.9. The third kappa shape index (κ3) is 1.72. The van der Waals surface area contributed by atoms with E-state index in [1.54, 1.807) is 18.2 Å². The quantitative estimate of drug-likeness (QED) is 0.737. The molecule has 0 unspecified atom stereocenters. The molecule has 0 radical (unpaired) electrons. The highest BCUT2D eigenvalue weighted by molar-refractivity contribution is 6.21. The molecule has 4 amide bonds. The Hall–Kier alpha value is -2.50. The number of carbonyl (C=O) groups excluding carboxylic acids is 4. The molecule has 1 aromatic rings. The van der Waals surface area contributed by atoms with Gasteiger partial charge in [0.15, 0.2) is 0 Å².